The molecule has 0 aliphatic heterocycles. The van der Waals surface area contributed by atoms with Crippen LogP contribution in [0.1, 0.15) is 38.5 Å². The van der Waals surface area contributed by atoms with Gasteiger partial charge in [0, 0.05) is 13.7 Å². The van der Waals surface area contributed by atoms with Crippen LogP contribution in [0.5, 0.6) is 0 Å². The molecular formula is C13H26N2O2. The zero-order chi connectivity index (χ0) is 12.3. The van der Waals surface area contributed by atoms with Crippen LogP contribution in [0.25, 0.3) is 0 Å². The smallest absolute Gasteiger partial charge is 0.234 e. The van der Waals surface area contributed by atoms with Crippen LogP contribution in [0.3, 0.4) is 0 Å². The van der Waals surface area contributed by atoms with E-state index < -0.39 is 0 Å². The summed E-state index contributed by atoms with van der Waals surface area (Å²) in [5.74, 6) is 1.01. The lowest BCUT2D eigenvalue weighted by molar-refractivity contribution is -0.120. The van der Waals surface area contributed by atoms with Gasteiger partial charge in [0.05, 0.1) is 13.2 Å². The Bertz CT molecular complexity index is 204. The summed E-state index contributed by atoms with van der Waals surface area (Å²) in [7, 11) is 1.63. The van der Waals surface area contributed by atoms with E-state index in [2.05, 4.69) is 10.6 Å². The minimum atomic E-state index is 0.0583. The lowest BCUT2D eigenvalue weighted by atomic mass is 10.0. The maximum Gasteiger partial charge on any atom is 0.234 e. The molecule has 0 aromatic rings. The van der Waals surface area contributed by atoms with E-state index in [9.17, 15) is 4.79 Å². The van der Waals surface area contributed by atoms with Crippen LogP contribution >= 0.6 is 0 Å². The number of hydrogen-bond acceptors (Lipinski definition) is 3. The molecule has 1 amide bonds. The summed E-state index contributed by atoms with van der Waals surface area (Å²) in [5, 5.41) is 5.97. The highest BCUT2D eigenvalue weighted by molar-refractivity contribution is 5.77. The van der Waals surface area contributed by atoms with Crippen molar-refractivity contribution < 1.29 is 9.53 Å². The van der Waals surface area contributed by atoms with Gasteiger partial charge in [-0.2, -0.15) is 0 Å². The quantitative estimate of drug-likeness (QED) is 0.599. The number of methoxy groups -OCH3 is 1. The minimum absolute atomic E-state index is 0.0583. The van der Waals surface area contributed by atoms with E-state index in [0.717, 1.165) is 12.5 Å². The van der Waals surface area contributed by atoms with Crippen molar-refractivity contribution in [3.05, 3.63) is 0 Å². The second-order valence-electron chi connectivity index (χ2n) is 4.81. The Hall–Kier alpha value is -0.610. The van der Waals surface area contributed by atoms with Crippen molar-refractivity contribution in [1.82, 2.24) is 10.6 Å². The van der Waals surface area contributed by atoms with E-state index in [4.69, 9.17) is 4.74 Å². The molecule has 2 N–H and O–H groups in total. The summed E-state index contributed by atoms with van der Waals surface area (Å²) in [6.45, 7) is 2.55. The molecule has 0 unspecified atom stereocenters. The predicted molar refractivity (Wildman–Crippen MR) is 68.9 cm³/mol. The van der Waals surface area contributed by atoms with Crippen molar-refractivity contribution in [2.24, 2.45) is 5.92 Å². The molecule has 0 aromatic carbocycles. The van der Waals surface area contributed by atoms with Gasteiger partial charge >= 0.3 is 0 Å². The Balaban J connectivity index is 1.84. The second-order valence-corrected chi connectivity index (χ2v) is 4.81. The summed E-state index contributed by atoms with van der Waals surface area (Å²) in [4.78, 5) is 11.3. The van der Waals surface area contributed by atoms with Gasteiger partial charge in [-0.1, -0.05) is 25.7 Å². The summed E-state index contributed by atoms with van der Waals surface area (Å²) in [6.07, 6.45) is 8.17. The average Bonchev–Trinajstić information content (AvgIpc) is 2.82. The number of hydrogen-bond donors (Lipinski definition) is 2. The Labute approximate surface area is 104 Å². The maximum atomic E-state index is 11.3. The molecule has 0 saturated heterocycles. The first-order chi connectivity index (χ1) is 8.33. The van der Waals surface area contributed by atoms with Crippen LogP contribution in [0.15, 0.2) is 0 Å². The Morgan fingerprint density at radius 3 is 2.76 bits per heavy atom. The molecule has 4 nitrogen and oxygen atoms in total. The van der Waals surface area contributed by atoms with Crippen molar-refractivity contribution in [2.75, 3.05) is 33.4 Å². The molecule has 4 heteroatoms. The van der Waals surface area contributed by atoms with Crippen molar-refractivity contribution in [2.45, 2.75) is 38.5 Å². The number of amides is 1. The lowest BCUT2D eigenvalue weighted by Crippen LogP contribution is -2.35. The molecule has 0 radical (unpaired) electrons. The third-order valence-corrected chi connectivity index (χ3v) is 3.35. The summed E-state index contributed by atoms with van der Waals surface area (Å²) >= 11 is 0. The van der Waals surface area contributed by atoms with Gasteiger partial charge in [0.2, 0.25) is 5.91 Å². The van der Waals surface area contributed by atoms with Gasteiger partial charge in [0.1, 0.15) is 0 Å². The molecule has 1 aliphatic carbocycles. The van der Waals surface area contributed by atoms with Crippen molar-refractivity contribution in [3.8, 4) is 0 Å². The van der Waals surface area contributed by atoms with Crippen molar-refractivity contribution in [1.29, 1.82) is 0 Å². The topological polar surface area (TPSA) is 50.4 Å². The molecule has 1 rings (SSSR count). The van der Waals surface area contributed by atoms with E-state index >= 15 is 0 Å². The molecule has 0 heterocycles. The zero-order valence-corrected chi connectivity index (χ0v) is 11.0. The fourth-order valence-electron chi connectivity index (χ4n) is 2.37. The van der Waals surface area contributed by atoms with Gasteiger partial charge in [0.25, 0.3) is 0 Å². The summed E-state index contributed by atoms with van der Waals surface area (Å²) in [6, 6.07) is 0. The minimum Gasteiger partial charge on any atom is -0.383 e. The number of carbonyl (C=O) groups excluding carboxylic acids is 1. The van der Waals surface area contributed by atoms with Gasteiger partial charge < -0.3 is 15.4 Å². The normalized spacial score (nSPS) is 16.3. The highest BCUT2D eigenvalue weighted by Crippen LogP contribution is 2.28. The van der Waals surface area contributed by atoms with E-state index in [1.807, 2.05) is 0 Å². The second kappa shape index (κ2) is 9.42. The third-order valence-electron chi connectivity index (χ3n) is 3.35. The number of ether oxygens (including phenoxy) is 1. The number of rotatable bonds is 9. The zero-order valence-electron chi connectivity index (χ0n) is 11.0. The predicted octanol–water partition coefficient (Wildman–Crippen LogP) is 1.31. The first-order valence-corrected chi connectivity index (χ1v) is 6.79. The van der Waals surface area contributed by atoms with Crippen molar-refractivity contribution >= 4 is 5.91 Å². The third kappa shape index (κ3) is 7.34. The van der Waals surface area contributed by atoms with E-state index in [0.29, 0.717) is 19.7 Å². The molecule has 17 heavy (non-hydrogen) atoms. The first-order valence-electron chi connectivity index (χ1n) is 6.79. The molecular weight excluding hydrogens is 216 g/mol. The van der Waals surface area contributed by atoms with Crippen molar-refractivity contribution in [3.63, 3.8) is 0 Å². The van der Waals surface area contributed by atoms with E-state index in [1.54, 1.807) is 7.11 Å². The Morgan fingerprint density at radius 1 is 1.29 bits per heavy atom. The van der Waals surface area contributed by atoms with E-state index in [1.165, 1.54) is 38.5 Å². The largest absolute Gasteiger partial charge is 0.383 e. The van der Waals surface area contributed by atoms with Crippen LogP contribution in [-0.4, -0.2) is 39.3 Å². The Kier molecular flexibility index (Phi) is 8.01. The Morgan fingerprint density at radius 2 is 2.06 bits per heavy atom. The summed E-state index contributed by atoms with van der Waals surface area (Å²) < 4.78 is 4.86. The standard InChI is InChI=1S/C13H26N2O2/c1-17-10-9-15-13(16)11-14-8-4-7-12-5-2-3-6-12/h12,14H,2-11H2,1H3,(H,15,16). The molecule has 100 valence electrons. The van der Waals surface area contributed by atoms with Crippen LogP contribution in [0.4, 0.5) is 0 Å². The number of carbonyl (C=O) groups is 1. The first kappa shape index (κ1) is 14.5. The lowest BCUT2D eigenvalue weighted by Gasteiger charge is -2.09. The molecule has 1 fully saturated rings. The molecule has 0 bridgehead atoms. The van der Waals surface area contributed by atoms with Gasteiger partial charge in [0.15, 0.2) is 0 Å². The summed E-state index contributed by atoms with van der Waals surface area (Å²) in [5.41, 5.74) is 0. The van der Waals surface area contributed by atoms with Crippen LogP contribution in [0, 0.1) is 5.92 Å². The molecule has 1 saturated carbocycles. The molecule has 0 aromatic heterocycles. The van der Waals surface area contributed by atoms with Crippen LogP contribution in [0.2, 0.25) is 0 Å². The highest BCUT2D eigenvalue weighted by Gasteiger charge is 2.13. The molecule has 0 spiro atoms. The highest BCUT2D eigenvalue weighted by atomic mass is 16.5. The van der Waals surface area contributed by atoms with Gasteiger partial charge in [-0.25, -0.2) is 0 Å². The average molecular weight is 242 g/mol. The van der Waals surface area contributed by atoms with Gasteiger partial charge in [-0.3, -0.25) is 4.79 Å². The van der Waals surface area contributed by atoms with Crippen LogP contribution < -0.4 is 10.6 Å². The maximum absolute atomic E-state index is 11.3. The van der Waals surface area contributed by atoms with Gasteiger partial charge in [-0.05, 0) is 25.3 Å². The number of nitrogens with one attached hydrogen (secondary N) is 2. The fourth-order valence-corrected chi connectivity index (χ4v) is 2.37. The monoisotopic (exact) mass is 242 g/mol. The van der Waals surface area contributed by atoms with Gasteiger partial charge in [-0.15, -0.1) is 0 Å². The molecule has 1 aliphatic rings. The fraction of sp³-hybridized carbons (Fsp3) is 0.923. The van der Waals surface area contributed by atoms with E-state index in [-0.39, 0.29) is 5.91 Å². The molecule has 0 atom stereocenters. The SMILES string of the molecule is COCCNC(=O)CNCCCC1CCCC1. The van der Waals surface area contributed by atoms with Crippen LogP contribution in [-0.2, 0) is 9.53 Å².